The predicted octanol–water partition coefficient (Wildman–Crippen LogP) is 2.18. The molecule has 0 aliphatic carbocycles. The topological polar surface area (TPSA) is 22.1 Å². The highest BCUT2D eigenvalue weighted by Gasteiger charge is 2.13. The third-order valence-corrected chi connectivity index (χ3v) is 2.62. The summed E-state index contributed by atoms with van der Waals surface area (Å²) in [5.74, 6) is 0. The van der Waals surface area contributed by atoms with Gasteiger partial charge in [0.15, 0.2) is 0 Å². The summed E-state index contributed by atoms with van der Waals surface area (Å²) in [7, 11) is 0. The third kappa shape index (κ3) is 1.19. The highest BCUT2D eigenvalue weighted by molar-refractivity contribution is 9.10. The number of halogens is 1. The number of rotatable bonds is 0. The van der Waals surface area contributed by atoms with Crippen molar-refractivity contribution in [3.8, 4) is 0 Å². The van der Waals surface area contributed by atoms with Gasteiger partial charge in [-0.15, -0.1) is 0 Å². The van der Waals surface area contributed by atoms with Gasteiger partial charge in [-0.2, -0.15) is 0 Å². The molecule has 1 aliphatic heterocycles. The molecule has 0 saturated carbocycles. The molecule has 3 heteroatoms. The second kappa shape index (κ2) is 2.57. The first-order valence-corrected chi connectivity index (χ1v) is 4.29. The minimum Gasteiger partial charge on any atom is -0.370 e. The van der Waals surface area contributed by atoms with Gasteiger partial charge in [0.25, 0.3) is 0 Å². The zero-order valence-electron chi connectivity index (χ0n) is 6.22. The van der Waals surface area contributed by atoms with E-state index in [9.17, 15) is 0 Å². The molecule has 1 aliphatic rings. The summed E-state index contributed by atoms with van der Waals surface area (Å²) in [6.45, 7) is 3.37. The van der Waals surface area contributed by atoms with Crippen molar-refractivity contribution < 1.29 is 4.74 Å². The highest BCUT2D eigenvalue weighted by atomic mass is 79.9. The molecule has 0 aromatic carbocycles. The Morgan fingerprint density at radius 1 is 1.55 bits per heavy atom. The van der Waals surface area contributed by atoms with Gasteiger partial charge < -0.3 is 4.74 Å². The third-order valence-electron chi connectivity index (χ3n) is 1.82. The van der Waals surface area contributed by atoms with Gasteiger partial charge in [-0.1, -0.05) is 0 Å². The first-order chi connectivity index (χ1) is 5.27. The molecule has 58 valence electrons. The van der Waals surface area contributed by atoms with Crippen LogP contribution >= 0.6 is 15.9 Å². The van der Waals surface area contributed by atoms with Crippen LogP contribution < -0.4 is 0 Å². The fraction of sp³-hybridized carbons (Fsp3) is 0.375. The fourth-order valence-corrected chi connectivity index (χ4v) is 1.54. The number of nitrogens with zero attached hydrogens (tertiary/aromatic N) is 1. The second-order valence-electron chi connectivity index (χ2n) is 2.65. The maximum Gasteiger partial charge on any atom is 0.0896 e. The van der Waals surface area contributed by atoms with Gasteiger partial charge in [-0.25, -0.2) is 0 Å². The second-order valence-corrected chi connectivity index (χ2v) is 3.51. The summed E-state index contributed by atoms with van der Waals surface area (Å²) >= 11 is 3.43. The maximum atomic E-state index is 5.24. The van der Waals surface area contributed by atoms with Gasteiger partial charge in [-0.3, -0.25) is 4.98 Å². The fourth-order valence-electron chi connectivity index (χ4n) is 1.18. The van der Waals surface area contributed by atoms with Crippen LogP contribution in [0.15, 0.2) is 10.5 Å². The summed E-state index contributed by atoms with van der Waals surface area (Å²) < 4.78 is 6.31. The molecule has 0 atom stereocenters. The zero-order valence-corrected chi connectivity index (χ0v) is 7.81. The molecule has 0 saturated heterocycles. The first-order valence-electron chi connectivity index (χ1n) is 3.50. The van der Waals surface area contributed by atoms with Crippen LogP contribution in [0, 0.1) is 6.92 Å². The Labute approximate surface area is 73.7 Å². The van der Waals surface area contributed by atoms with E-state index in [1.165, 1.54) is 5.56 Å². The molecule has 0 radical (unpaired) electrons. The van der Waals surface area contributed by atoms with E-state index in [2.05, 4.69) is 27.0 Å². The summed E-state index contributed by atoms with van der Waals surface area (Å²) in [5.41, 5.74) is 3.34. The van der Waals surface area contributed by atoms with Gasteiger partial charge in [0.05, 0.1) is 24.6 Å². The van der Waals surface area contributed by atoms with E-state index >= 15 is 0 Å². The van der Waals surface area contributed by atoms with Gasteiger partial charge in [-0.05, 0) is 28.9 Å². The van der Waals surface area contributed by atoms with Crippen LogP contribution in [0.5, 0.6) is 0 Å². The van der Waals surface area contributed by atoms with Crippen molar-refractivity contribution in [3.63, 3.8) is 0 Å². The molecule has 11 heavy (non-hydrogen) atoms. The van der Waals surface area contributed by atoms with Crippen molar-refractivity contribution in [1.29, 1.82) is 0 Å². The maximum absolute atomic E-state index is 5.24. The van der Waals surface area contributed by atoms with E-state index in [1.807, 2.05) is 6.92 Å². The van der Waals surface area contributed by atoms with Crippen molar-refractivity contribution in [1.82, 2.24) is 4.98 Å². The van der Waals surface area contributed by atoms with Crippen LogP contribution in [0.3, 0.4) is 0 Å². The van der Waals surface area contributed by atoms with E-state index in [-0.39, 0.29) is 0 Å². The molecule has 2 heterocycles. The van der Waals surface area contributed by atoms with Gasteiger partial charge >= 0.3 is 0 Å². The average molecular weight is 214 g/mol. The van der Waals surface area contributed by atoms with Gasteiger partial charge in [0, 0.05) is 10.0 Å². The van der Waals surface area contributed by atoms with Crippen molar-refractivity contribution in [2.45, 2.75) is 20.1 Å². The smallest absolute Gasteiger partial charge is 0.0896 e. The minimum atomic E-state index is 0.670. The van der Waals surface area contributed by atoms with Gasteiger partial charge in [0.1, 0.15) is 0 Å². The van der Waals surface area contributed by atoms with Crippen LogP contribution in [0.2, 0.25) is 0 Å². The first kappa shape index (κ1) is 7.25. The van der Waals surface area contributed by atoms with E-state index in [1.54, 1.807) is 0 Å². The summed E-state index contributed by atoms with van der Waals surface area (Å²) in [4.78, 5) is 4.38. The average Bonchev–Trinajstić information content (AvgIpc) is 2.36. The molecule has 0 fully saturated rings. The summed E-state index contributed by atoms with van der Waals surface area (Å²) in [6.07, 6.45) is 0. The molecule has 0 bridgehead atoms. The number of fused-ring (bicyclic) bond motifs is 1. The highest BCUT2D eigenvalue weighted by Crippen LogP contribution is 2.23. The van der Waals surface area contributed by atoms with E-state index in [0.29, 0.717) is 13.2 Å². The van der Waals surface area contributed by atoms with Crippen LogP contribution in [0.1, 0.15) is 17.0 Å². The SMILES string of the molecule is Cc1nc2c(cc1Br)COC2. The monoisotopic (exact) mass is 213 g/mol. The van der Waals surface area contributed by atoms with Crippen LogP contribution in [0.4, 0.5) is 0 Å². The quantitative estimate of drug-likeness (QED) is 0.660. The Morgan fingerprint density at radius 2 is 2.36 bits per heavy atom. The molecule has 0 N–H and O–H groups in total. The molecule has 0 unspecified atom stereocenters. The summed E-state index contributed by atoms with van der Waals surface area (Å²) in [6, 6.07) is 2.09. The van der Waals surface area contributed by atoms with Crippen molar-refractivity contribution >= 4 is 15.9 Å². The van der Waals surface area contributed by atoms with E-state index in [4.69, 9.17) is 4.74 Å². The normalized spacial score (nSPS) is 15.1. The number of hydrogen-bond donors (Lipinski definition) is 0. The Hall–Kier alpha value is -0.410. The lowest BCUT2D eigenvalue weighted by Gasteiger charge is -1.99. The predicted molar refractivity (Wildman–Crippen MR) is 45.2 cm³/mol. The number of hydrogen-bond acceptors (Lipinski definition) is 2. The van der Waals surface area contributed by atoms with E-state index in [0.717, 1.165) is 15.9 Å². The zero-order chi connectivity index (χ0) is 7.84. The standard InChI is InChI=1S/C8H8BrNO/c1-5-7(9)2-6-3-11-4-8(6)10-5/h2H,3-4H2,1H3. The number of aryl methyl sites for hydroxylation is 1. The Kier molecular flexibility index (Phi) is 1.69. The van der Waals surface area contributed by atoms with Crippen LogP contribution in [-0.4, -0.2) is 4.98 Å². The lowest BCUT2D eigenvalue weighted by molar-refractivity contribution is 0.133. The molecule has 2 nitrogen and oxygen atoms in total. The van der Waals surface area contributed by atoms with Crippen molar-refractivity contribution in [2.75, 3.05) is 0 Å². The number of pyridine rings is 1. The van der Waals surface area contributed by atoms with Crippen LogP contribution in [0.25, 0.3) is 0 Å². The molecule has 2 rings (SSSR count). The molecule has 0 amide bonds. The Bertz CT molecular complexity index is 269. The van der Waals surface area contributed by atoms with Crippen molar-refractivity contribution in [2.24, 2.45) is 0 Å². The molecular formula is C8H8BrNO. The number of ether oxygens (including phenoxy) is 1. The Morgan fingerprint density at radius 3 is 3.18 bits per heavy atom. The summed E-state index contributed by atoms with van der Waals surface area (Å²) in [5, 5.41) is 0. The van der Waals surface area contributed by atoms with E-state index < -0.39 is 0 Å². The minimum absolute atomic E-state index is 0.670. The van der Waals surface area contributed by atoms with Crippen LogP contribution in [-0.2, 0) is 18.0 Å². The number of aromatic nitrogens is 1. The molecule has 0 spiro atoms. The largest absolute Gasteiger partial charge is 0.370 e. The lowest BCUT2D eigenvalue weighted by Crippen LogP contribution is -1.91. The Balaban J connectivity index is 2.57. The molecule has 1 aromatic heterocycles. The molecular weight excluding hydrogens is 206 g/mol. The van der Waals surface area contributed by atoms with Gasteiger partial charge in [0.2, 0.25) is 0 Å². The molecule has 1 aromatic rings. The van der Waals surface area contributed by atoms with Crippen molar-refractivity contribution in [3.05, 3.63) is 27.5 Å². The lowest BCUT2D eigenvalue weighted by atomic mass is 10.2.